The van der Waals surface area contributed by atoms with Crippen LogP contribution < -0.4 is 0 Å². The smallest absolute Gasteiger partial charge is 0.229 e. The molecule has 0 fully saturated rings. The van der Waals surface area contributed by atoms with Gasteiger partial charge in [0.1, 0.15) is 0 Å². The van der Waals surface area contributed by atoms with E-state index in [2.05, 4.69) is 45.8 Å². The van der Waals surface area contributed by atoms with Crippen LogP contribution >= 0.6 is 0 Å². The van der Waals surface area contributed by atoms with Gasteiger partial charge in [-0.2, -0.15) is 0 Å². The van der Waals surface area contributed by atoms with Crippen molar-refractivity contribution < 1.29 is 9.53 Å². The number of ether oxygens (including phenoxy) is 1. The van der Waals surface area contributed by atoms with E-state index in [4.69, 9.17) is 11.3 Å². The summed E-state index contributed by atoms with van der Waals surface area (Å²) < 4.78 is 7.53. The molecule has 0 saturated carbocycles. The molecule has 1 heterocycles. The maximum absolute atomic E-state index is 11.7. The number of hydrogen-bond acceptors (Lipinski definition) is 2. The monoisotopic (exact) mass is 444 g/mol. The van der Waals surface area contributed by atoms with Crippen LogP contribution in [0.2, 0.25) is 0 Å². The lowest BCUT2D eigenvalue weighted by atomic mass is 10.1. The van der Waals surface area contributed by atoms with Gasteiger partial charge < -0.3 is 14.1 Å². The zero-order valence-electron chi connectivity index (χ0n) is 20.1. The van der Waals surface area contributed by atoms with Gasteiger partial charge in [0, 0.05) is 42.1 Å². The molecule has 0 radical (unpaired) electrons. The number of methoxy groups -OCH3 is 1. The molecule has 0 aliphatic rings. The minimum absolute atomic E-state index is 0.174. The number of carbonyl (C=O) groups excluding carboxylic acids is 1. The van der Waals surface area contributed by atoms with Crippen LogP contribution in [0.1, 0.15) is 70.3 Å². The van der Waals surface area contributed by atoms with Crippen molar-refractivity contribution in [3.05, 3.63) is 65.1 Å². The minimum atomic E-state index is -0.196. The number of carbonyl (C=O) groups is 1. The Kier molecular flexibility index (Phi) is 9.72. The van der Waals surface area contributed by atoms with Crippen molar-refractivity contribution in [3.63, 3.8) is 0 Å². The molecule has 0 aliphatic carbocycles. The van der Waals surface area contributed by atoms with Gasteiger partial charge in [-0.1, -0.05) is 69.2 Å². The summed E-state index contributed by atoms with van der Waals surface area (Å²) in [6.07, 6.45) is 13.2. The number of aromatic nitrogens is 1. The number of nitrogens with zero attached hydrogens (tertiary/aromatic N) is 2. The van der Waals surface area contributed by atoms with Crippen molar-refractivity contribution in [1.29, 1.82) is 0 Å². The molecule has 4 heteroatoms. The average molecular weight is 445 g/mol. The molecule has 3 aromatic rings. The highest BCUT2D eigenvalue weighted by molar-refractivity contribution is 6.09. The van der Waals surface area contributed by atoms with Gasteiger partial charge in [0.05, 0.1) is 6.57 Å². The molecule has 0 atom stereocenters. The molecule has 1 aromatic heterocycles. The molecule has 0 saturated heterocycles. The Morgan fingerprint density at radius 1 is 0.909 bits per heavy atom. The van der Waals surface area contributed by atoms with E-state index >= 15 is 0 Å². The topological polar surface area (TPSA) is 35.6 Å². The van der Waals surface area contributed by atoms with Gasteiger partial charge in [-0.3, -0.25) is 0 Å². The lowest BCUT2D eigenvalue weighted by Crippen LogP contribution is -1.98. The number of aryl methyl sites for hydroxylation is 1. The van der Waals surface area contributed by atoms with Gasteiger partial charge >= 0.3 is 0 Å². The molecule has 33 heavy (non-hydrogen) atoms. The van der Waals surface area contributed by atoms with Crippen LogP contribution in [-0.2, 0) is 16.1 Å². The van der Waals surface area contributed by atoms with Crippen molar-refractivity contribution in [1.82, 2.24) is 4.57 Å². The van der Waals surface area contributed by atoms with E-state index in [1.165, 1.54) is 86.5 Å². The predicted octanol–water partition coefficient (Wildman–Crippen LogP) is 7.80. The molecule has 0 unspecified atom stereocenters. The fourth-order valence-electron chi connectivity index (χ4n) is 4.53. The number of ketones is 1. The highest BCUT2D eigenvalue weighted by Crippen LogP contribution is 2.31. The standard InChI is InChI=1S/C29H36N2O2/c1-23(32)27(30-2)22-24-17-18-29-26(21-24)25-15-11-12-16-28(25)31(29)19-13-9-7-5-4-6-8-10-14-20-33-3/h11-12,15-18,21-22H,4-10,13-14,19-20H2,1,3H3/b27-22+. The molecule has 0 bridgehead atoms. The van der Waals surface area contributed by atoms with E-state index in [1.807, 2.05) is 6.07 Å². The van der Waals surface area contributed by atoms with Gasteiger partial charge in [-0.25, -0.2) is 4.85 Å². The first-order chi connectivity index (χ1) is 16.2. The van der Waals surface area contributed by atoms with E-state index in [0.717, 1.165) is 18.7 Å². The third-order valence-corrected chi connectivity index (χ3v) is 6.31. The largest absolute Gasteiger partial charge is 0.385 e. The average Bonchev–Trinajstić information content (AvgIpc) is 3.14. The predicted molar refractivity (Wildman–Crippen MR) is 138 cm³/mol. The summed E-state index contributed by atoms with van der Waals surface area (Å²) in [6.45, 7) is 10.6. The second-order valence-corrected chi connectivity index (χ2v) is 8.82. The Labute approximate surface area is 198 Å². The number of benzene rings is 2. The third-order valence-electron chi connectivity index (χ3n) is 6.31. The number of fused-ring (bicyclic) bond motifs is 3. The van der Waals surface area contributed by atoms with Crippen LogP contribution in [-0.4, -0.2) is 24.1 Å². The van der Waals surface area contributed by atoms with Crippen LogP contribution in [0.4, 0.5) is 0 Å². The number of hydrogen-bond donors (Lipinski definition) is 0. The van der Waals surface area contributed by atoms with Crippen LogP contribution in [0.5, 0.6) is 0 Å². The van der Waals surface area contributed by atoms with E-state index < -0.39 is 0 Å². The summed E-state index contributed by atoms with van der Waals surface area (Å²) in [5, 5.41) is 2.41. The molecule has 3 rings (SSSR count). The maximum Gasteiger partial charge on any atom is 0.229 e. The summed E-state index contributed by atoms with van der Waals surface area (Å²) >= 11 is 0. The lowest BCUT2D eigenvalue weighted by Gasteiger charge is -2.08. The summed E-state index contributed by atoms with van der Waals surface area (Å²) in [7, 11) is 1.77. The molecule has 174 valence electrons. The molecular formula is C29H36N2O2. The van der Waals surface area contributed by atoms with E-state index in [0.29, 0.717) is 0 Å². The first kappa shape index (κ1) is 24.7. The molecule has 2 aromatic carbocycles. The van der Waals surface area contributed by atoms with Crippen molar-refractivity contribution in [2.45, 2.75) is 71.3 Å². The fraction of sp³-hybridized carbons (Fsp3) is 0.448. The summed E-state index contributed by atoms with van der Waals surface area (Å²) in [5.41, 5.74) is 3.54. The first-order valence-corrected chi connectivity index (χ1v) is 12.3. The van der Waals surface area contributed by atoms with Crippen molar-refractivity contribution in [2.24, 2.45) is 0 Å². The van der Waals surface area contributed by atoms with Gasteiger partial charge in [0.15, 0.2) is 5.78 Å². The number of rotatable bonds is 14. The number of Topliss-reactive ketones (excluding diaryl/α,β-unsaturated/α-hetero) is 1. The van der Waals surface area contributed by atoms with Crippen LogP contribution in [0.25, 0.3) is 32.7 Å². The number of para-hydroxylation sites is 1. The quantitative estimate of drug-likeness (QED) is 0.144. The van der Waals surface area contributed by atoms with Crippen molar-refractivity contribution >= 4 is 33.7 Å². The van der Waals surface area contributed by atoms with Gasteiger partial charge in [0.2, 0.25) is 5.70 Å². The van der Waals surface area contributed by atoms with Crippen LogP contribution in [0, 0.1) is 6.57 Å². The van der Waals surface area contributed by atoms with Crippen molar-refractivity contribution in [2.75, 3.05) is 13.7 Å². The summed E-state index contributed by atoms with van der Waals surface area (Å²) in [5.74, 6) is -0.196. The second-order valence-electron chi connectivity index (χ2n) is 8.82. The van der Waals surface area contributed by atoms with Gasteiger partial charge in [-0.15, -0.1) is 0 Å². The van der Waals surface area contributed by atoms with E-state index in [-0.39, 0.29) is 11.5 Å². The van der Waals surface area contributed by atoms with E-state index in [1.54, 1.807) is 13.2 Å². The summed E-state index contributed by atoms with van der Waals surface area (Å²) in [4.78, 5) is 15.0. The molecule has 0 spiro atoms. The Morgan fingerprint density at radius 3 is 2.21 bits per heavy atom. The second kappa shape index (κ2) is 13.0. The first-order valence-electron chi connectivity index (χ1n) is 12.3. The van der Waals surface area contributed by atoms with Gasteiger partial charge in [-0.05, 0) is 49.6 Å². The highest BCUT2D eigenvalue weighted by atomic mass is 16.5. The maximum atomic E-state index is 11.7. The molecular weight excluding hydrogens is 408 g/mol. The van der Waals surface area contributed by atoms with Crippen molar-refractivity contribution in [3.8, 4) is 0 Å². The zero-order chi connectivity index (χ0) is 23.5. The third kappa shape index (κ3) is 6.79. The molecule has 4 nitrogen and oxygen atoms in total. The molecule has 0 amide bonds. The fourth-order valence-corrected chi connectivity index (χ4v) is 4.53. The molecule has 0 N–H and O–H groups in total. The highest BCUT2D eigenvalue weighted by Gasteiger charge is 2.11. The Hall–Kier alpha value is -2.90. The number of allylic oxidation sites excluding steroid dienone is 1. The van der Waals surface area contributed by atoms with E-state index in [9.17, 15) is 4.79 Å². The normalized spacial score (nSPS) is 11.8. The van der Waals surface area contributed by atoms with Crippen LogP contribution in [0.15, 0.2) is 48.2 Å². The number of unbranched alkanes of at least 4 members (excludes halogenated alkanes) is 8. The molecule has 0 aliphatic heterocycles. The zero-order valence-corrected chi connectivity index (χ0v) is 20.1. The van der Waals surface area contributed by atoms with Gasteiger partial charge in [0.25, 0.3) is 0 Å². The SMILES string of the molecule is [C-]#[N+]/C(=C/c1ccc2c(c1)c1ccccc1n2CCCCCCCCCCCOC)C(C)=O. The van der Waals surface area contributed by atoms with Crippen LogP contribution in [0.3, 0.4) is 0 Å². The Morgan fingerprint density at radius 2 is 1.55 bits per heavy atom. The summed E-state index contributed by atoms with van der Waals surface area (Å²) in [6, 6.07) is 14.8. The Balaban J connectivity index is 1.61. The minimum Gasteiger partial charge on any atom is -0.385 e. The Bertz CT molecular complexity index is 1130. The lowest BCUT2D eigenvalue weighted by molar-refractivity contribution is -0.113.